The summed E-state index contributed by atoms with van der Waals surface area (Å²) in [5, 5.41) is 2.71. The molecule has 2 rings (SSSR count). The molecule has 1 amide bonds. The molecule has 1 N–H and O–H groups in total. The third kappa shape index (κ3) is 5.62. The second-order valence-corrected chi connectivity index (χ2v) is 4.88. The first-order valence-electron chi connectivity index (χ1n) is 7.55. The Morgan fingerprint density at radius 2 is 1.70 bits per heavy atom. The smallest absolute Gasteiger partial charge is 0.257 e. The number of benzene rings is 2. The zero-order valence-corrected chi connectivity index (χ0v) is 13.0. The second kappa shape index (κ2) is 8.78. The van der Waals surface area contributed by atoms with Gasteiger partial charge in [0.2, 0.25) is 0 Å². The Balaban J connectivity index is 1.69. The first-order chi connectivity index (χ1) is 11.2. The zero-order valence-electron chi connectivity index (χ0n) is 13.0. The van der Waals surface area contributed by atoms with Crippen molar-refractivity contribution in [3.05, 3.63) is 59.9 Å². The van der Waals surface area contributed by atoms with Gasteiger partial charge in [0.05, 0.1) is 6.61 Å². The van der Waals surface area contributed by atoms with Crippen LogP contribution in [0.15, 0.2) is 48.5 Å². The van der Waals surface area contributed by atoms with Crippen LogP contribution in [0, 0.1) is 5.82 Å². The summed E-state index contributed by atoms with van der Waals surface area (Å²) in [6.07, 6.45) is 0.446. The third-order valence-electron chi connectivity index (χ3n) is 3.18. The summed E-state index contributed by atoms with van der Waals surface area (Å²) in [6, 6.07) is 13.6. The van der Waals surface area contributed by atoms with Crippen LogP contribution in [-0.2, 0) is 11.2 Å². The molecular weight excluding hydrogens is 297 g/mol. The van der Waals surface area contributed by atoms with Gasteiger partial charge in [-0.05, 0) is 49.2 Å². The van der Waals surface area contributed by atoms with Crippen molar-refractivity contribution in [3.63, 3.8) is 0 Å². The highest BCUT2D eigenvalue weighted by atomic mass is 19.1. The van der Waals surface area contributed by atoms with Crippen molar-refractivity contribution in [2.45, 2.75) is 13.3 Å². The molecule has 0 aliphatic heterocycles. The number of carbonyl (C=O) groups excluding carboxylic acids is 1. The van der Waals surface area contributed by atoms with Gasteiger partial charge in [-0.25, -0.2) is 4.39 Å². The third-order valence-corrected chi connectivity index (χ3v) is 3.18. The minimum absolute atomic E-state index is 0.0781. The quantitative estimate of drug-likeness (QED) is 0.814. The Labute approximate surface area is 135 Å². The number of ether oxygens (including phenoxy) is 2. The van der Waals surface area contributed by atoms with E-state index in [1.54, 1.807) is 42.5 Å². The van der Waals surface area contributed by atoms with E-state index >= 15 is 0 Å². The Hall–Kier alpha value is -2.56. The van der Waals surface area contributed by atoms with Crippen molar-refractivity contribution in [1.82, 2.24) is 5.32 Å². The predicted molar refractivity (Wildman–Crippen MR) is 86.2 cm³/mol. The minimum Gasteiger partial charge on any atom is -0.494 e. The lowest BCUT2D eigenvalue weighted by Crippen LogP contribution is -2.30. The van der Waals surface area contributed by atoms with Gasteiger partial charge in [0.1, 0.15) is 17.3 Å². The largest absolute Gasteiger partial charge is 0.494 e. The first kappa shape index (κ1) is 16.8. The molecule has 23 heavy (non-hydrogen) atoms. The van der Waals surface area contributed by atoms with Gasteiger partial charge < -0.3 is 14.8 Å². The molecule has 0 aliphatic rings. The fourth-order valence-electron chi connectivity index (χ4n) is 2.04. The van der Waals surface area contributed by atoms with Crippen molar-refractivity contribution in [1.29, 1.82) is 0 Å². The fourth-order valence-corrected chi connectivity index (χ4v) is 2.04. The van der Waals surface area contributed by atoms with Crippen LogP contribution in [0.2, 0.25) is 0 Å². The monoisotopic (exact) mass is 317 g/mol. The average Bonchev–Trinajstić information content (AvgIpc) is 2.56. The van der Waals surface area contributed by atoms with Crippen LogP contribution in [0.3, 0.4) is 0 Å². The standard InChI is InChI=1S/C18H20FNO3/c1-2-22-15-7-9-16(10-8-15)23-13-18(21)20-12-11-14-5-3-4-6-17(14)19/h3-10H,2,11-13H2,1H3,(H,20,21). The molecule has 0 radical (unpaired) electrons. The molecule has 0 saturated heterocycles. The summed E-state index contributed by atoms with van der Waals surface area (Å²) < 4.78 is 24.1. The molecular formula is C18H20FNO3. The molecule has 0 fully saturated rings. The van der Waals surface area contributed by atoms with Crippen molar-refractivity contribution in [2.75, 3.05) is 19.8 Å². The van der Waals surface area contributed by atoms with Gasteiger partial charge in [0.15, 0.2) is 6.61 Å². The first-order valence-corrected chi connectivity index (χ1v) is 7.55. The Kier molecular flexibility index (Phi) is 6.41. The SMILES string of the molecule is CCOc1ccc(OCC(=O)NCCc2ccccc2F)cc1. The summed E-state index contributed by atoms with van der Waals surface area (Å²) in [6.45, 7) is 2.80. The Morgan fingerprint density at radius 3 is 2.35 bits per heavy atom. The Morgan fingerprint density at radius 1 is 1.04 bits per heavy atom. The maximum Gasteiger partial charge on any atom is 0.257 e. The number of hydrogen-bond donors (Lipinski definition) is 1. The number of halogens is 1. The number of carbonyl (C=O) groups is 1. The van der Waals surface area contributed by atoms with Crippen LogP contribution >= 0.6 is 0 Å². The highest BCUT2D eigenvalue weighted by Gasteiger charge is 2.05. The van der Waals surface area contributed by atoms with Gasteiger partial charge in [-0.15, -0.1) is 0 Å². The van der Waals surface area contributed by atoms with Gasteiger partial charge in [-0.2, -0.15) is 0 Å². The predicted octanol–water partition coefficient (Wildman–Crippen LogP) is 2.96. The van der Waals surface area contributed by atoms with E-state index in [1.165, 1.54) is 6.07 Å². The summed E-state index contributed by atoms with van der Waals surface area (Å²) in [5.41, 5.74) is 0.584. The van der Waals surface area contributed by atoms with E-state index in [0.717, 1.165) is 5.75 Å². The fraction of sp³-hybridized carbons (Fsp3) is 0.278. The summed E-state index contributed by atoms with van der Waals surface area (Å²) in [7, 11) is 0. The summed E-state index contributed by atoms with van der Waals surface area (Å²) in [5.74, 6) is 0.856. The minimum atomic E-state index is -0.257. The molecule has 4 nitrogen and oxygen atoms in total. The van der Waals surface area contributed by atoms with E-state index < -0.39 is 0 Å². The Bertz CT molecular complexity index is 628. The lowest BCUT2D eigenvalue weighted by Gasteiger charge is -2.09. The molecule has 2 aromatic rings. The van der Waals surface area contributed by atoms with E-state index in [-0.39, 0.29) is 18.3 Å². The number of amides is 1. The van der Waals surface area contributed by atoms with E-state index in [4.69, 9.17) is 9.47 Å². The molecule has 0 aromatic heterocycles. The molecule has 0 bridgehead atoms. The highest BCUT2D eigenvalue weighted by Crippen LogP contribution is 2.17. The van der Waals surface area contributed by atoms with Gasteiger partial charge >= 0.3 is 0 Å². The van der Waals surface area contributed by atoms with Crippen molar-refractivity contribution in [2.24, 2.45) is 0 Å². The second-order valence-electron chi connectivity index (χ2n) is 4.88. The van der Waals surface area contributed by atoms with E-state index in [1.807, 2.05) is 6.92 Å². The maximum atomic E-state index is 13.4. The molecule has 0 unspecified atom stereocenters. The lowest BCUT2D eigenvalue weighted by molar-refractivity contribution is -0.123. The topological polar surface area (TPSA) is 47.6 Å². The van der Waals surface area contributed by atoms with Crippen molar-refractivity contribution < 1.29 is 18.7 Å². The van der Waals surface area contributed by atoms with Crippen LogP contribution in [0.1, 0.15) is 12.5 Å². The van der Waals surface area contributed by atoms with E-state index in [0.29, 0.717) is 30.9 Å². The van der Waals surface area contributed by atoms with Gasteiger partial charge in [-0.1, -0.05) is 18.2 Å². The number of nitrogens with one attached hydrogen (secondary N) is 1. The van der Waals surface area contributed by atoms with Gasteiger partial charge in [0, 0.05) is 6.54 Å². The summed E-state index contributed by atoms with van der Waals surface area (Å²) in [4.78, 5) is 11.7. The molecule has 0 heterocycles. The van der Waals surface area contributed by atoms with Crippen LogP contribution < -0.4 is 14.8 Å². The van der Waals surface area contributed by atoms with E-state index in [9.17, 15) is 9.18 Å². The molecule has 0 aliphatic carbocycles. The van der Waals surface area contributed by atoms with Crippen LogP contribution in [0.25, 0.3) is 0 Å². The van der Waals surface area contributed by atoms with Crippen LogP contribution in [0.5, 0.6) is 11.5 Å². The zero-order chi connectivity index (χ0) is 16.5. The van der Waals surface area contributed by atoms with Gasteiger partial charge in [0.25, 0.3) is 5.91 Å². The normalized spacial score (nSPS) is 10.2. The number of rotatable bonds is 8. The van der Waals surface area contributed by atoms with Crippen LogP contribution in [0.4, 0.5) is 4.39 Å². The maximum absolute atomic E-state index is 13.4. The molecule has 5 heteroatoms. The lowest BCUT2D eigenvalue weighted by atomic mass is 10.1. The summed E-state index contributed by atoms with van der Waals surface area (Å²) >= 11 is 0. The molecule has 0 saturated carbocycles. The molecule has 0 atom stereocenters. The number of hydrogen-bond acceptors (Lipinski definition) is 3. The molecule has 0 spiro atoms. The van der Waals surface area contributed by atoms with E-state index in [2.05, 4.69) is 5.32 Å². The van der Waals surface area contributed by atoms with Crippen molar-refractivity contribution in [3.8, 4) is 11.5 Å². The highest BCUT2D eigenvalue weighted by molar-refractivity contribution is 5.77. The average molecular weight is 317 g/mol. The molecule has 122 valence electrons. The van der Waals surface area contributed by atoms with Crippen LogP contribution in [-0.4, -0.2) is 25.7 Å². The van der Waals surface area contributed by atoms with Gasteiger partial charge in [-0.3, -0.25) is 4.79 Å². The van der Waals surface area contributed by atoms with Crippen molar-refractivity contribution >= 4 is 5.91 Å². The molecule has 2 aromatic carbocycles.